The average molecular weight is 286 g/mol. The Morgan fingerprint density at radius 1 is 1.45 bits per heavy atom. The molecule has 2 heterocycles. The molecule has 2 saturated heterocycles. The quantitative estimate of drug-likeness (QED) is 0.783. The van der Waals surface area contributed by atoms with E-state index < -0.39 is 12.0 Å². The lowest BCUT2D eigenvalue weighted by Gasteiger charge is -2.36. The van der Waals surface area contributed by atoms with Crippen molar-refractivity contribution in [1.29, 1.82) is 0 Å². The van der Waals surface area contributed by atoms with E-state index in [0.29, 0.717) is 13.2 Å². The molecule has 114 valence electrons. The fourth-order valence-corrected chi connectivity index (χ4v) is 2.66. The molecule has 3 unspecified atom stereocenters. The number of rotatable bonds is 4. The van der Waals surface area contributed by atoms with Crippen LogP contribution in [0.15, 0.2) is 0 Å². The molecule has 2 rings (SSSR count). The summed E-state index contributed by atoms with van der Waals surface area (Å²) in [6.45, 7) is 3.79. The Morgan fingerprint density at radius 2 is 2.25 bits per heavy atom. The SMILES string of the molecule is CC(NC(=O)N1CCOCC1CC(=O)O)C1CCCO1. The number of nitrogens with one attached hydrogen (secondary N) is 1. The molecule has 0 aliphatic carbocycles. The Morgan fingerprint density at radius 3 is 2.90 bits per heavy atom. The molecule has 0 bridgehead atoms. The van der Waals surface area contributed by atoms with E-state index in [1.54, 1.807) is 4.90 Å². The van der Waals surface area contributed by atoms with Gasteiger partial charge in [0.1, 0.15) is 0 Å². The molecule has 0 aromatic heterocycles. The van der Waals surface area contributed by atoms with Gasteiger partial charge in [-0.3, -0.25) is 4.79 Å². The van der Waals surface area contributed by atoms with Gasteiger partial charge in [0.2, 0.25) is 0 Å². The third-order valence-electron chi connectivity index (χ3n) is 3.77. The standard InChI is InChI=1S/C13H22N2O5/c1-9(11-3-2-5-20-11)14-13(18)15-4-6-19-8-10(15)7-12(16)17/h9-11H,2-8H2,1H3,(H,14,18)(H,16,17). The molecule has 0 spiro atoms. The van der Waals surface area contributed by atoms with Crippen LogP contribution in [-0.4, -0.2) is 66.6 Å². The molecule has 2 aliphatic heterocycles. The largest absolute Gasteiger partial charge is 0.481 e. The van der Waals surface area contributed by atoms with Crippen LogP contribution >= 0.6 is 0 Å². The molecule has 7 heteroatoms. The van der Waals surface area contributed by atoms with Crippen LogP contribution in [0.5, 0.6) is 0 Å². The van der Waals surface area contributed by atoms with E-state index in [1.165, 1.54) is 0 Å². The van der Waals surface area contributed by atoms with Crippen molar-refractivity contribution in [2.24, 2.45) is 0 Å². The molecular weight excluding hydrogens is 264 g/mol. The van der Waals surface area contributed by atoms with Gasteiger partial charge in [-0.05, 0) is 19.8 Å². The Hall–Kier alpha value is -1.34. The smallest absolute Gasteiger partial charge is 0.318 e. The minimum atomic E-state index is -0.925. The molecule has 3 atom stereocenters. The molecule has 7 nitrogen and oxygen atoms in total. The predicted octanol–water partition coefficient (Wildman–Crippen LogP) is 0.439. The minimum absolute atomic E-state index is 0.0536. The number of urea groups is 1. The first kappa shape index (κ1) is 15.1. The highest BCUT2D eigenvalue weighted by molar-refractivity contribution is 5.76. The van der Waals surface area contributed by atoms with Crippen molar-refractivity contribution >= 4 is 12.0 Å². The number of amides is 2. The second-order valence-corrected chi connectivity index (χ2v) is 5.31. The van der Waals surface area contributed by atoms with Crippen LogP contribution in [0.2, 0.25) is 0 Å². The predicted molar refractivity (Wildman–Crippen MR) is 70.5 cm³/mol. The highest BCUT2D eigenvalue weighted by Gasteiger charge is 2.31. The Balaban J connectivity index is 1.89. The first-order valence-corrected chi connectivity index (χ1v) is 7.06. The maximum Gasteiger partial charge on any atom is 0.318 e. The molecular formula is C13H22N2O5. The van der Waals surface area contributed by atoms with Crippen LogP contribution in [0.3, 0.4) is 0 Å². The third kappa shape index (κ3) is 3.83. The van der Waals surface area contributed by atoms with Gasteiger partial charge in [0, 0.05) is 13.2 Å². The summed E-state index contributed by atoms with van der Waals surface area (Å²) < 4.78 is 10.8. The van der Waals surface area contributed by atoms with Crippen molar-refractivity contribution in [2.75, 3.05) is 26.4 Å². The lowest BCUT2D eigenvalue weighted by atomic mass is 10.1. The molecule has 0 aromatic rings. The molecule has 0 aromatic carbocycles. The topological polar surface area (TPSA) is 88.1 Å². The van der Waals surface area contributed by atoms with Crippen molar-refractivity contribution in [3.05, 3.63) is 0 Å². The van der Waals surface area contributed by atoms with Crippen molar-refractivity contribution < 1.29 is 24.2 Å². The lowest BCUT2D eigenvalue weighted by molar-refractivity contribution is -0.139. The van der Waals surface area contributed by atoms with E-state index in [-0.39, 0.29) is 31.2 Å². The molecule has 0 saturated carbocycles. The van der Waals surface area contributed by atoms with Crippen LogP contribution in [0.4, 0.5) is 4.79 Å². The number of ether oxygens (including phenoxy) is 2. The van der Waals surface area contributed by atoms with E-state index in [9.17, 15) is 9.59 Å². The zero-order valence-electron chi connectivity index (χ0n) is 11.7. The first-order chi connectivity index (χ1) is 9.58. The number of carboxylic acids is 1. The van der Waals surface area contributed by atoms with Crippen molar-refractivity contribution in [1.82, 2.24) is 10.2 Å². The maximum atomic E-state index is 12.3. The summed E-state index contributed by atoms with van der Waals surface area (Å²) >= 11 is 0. The Bertz CT molecular complexity index is 357. The number of carbonyl (C=O) groups excluding carboxylic acids is 1. The Kier molecular flexibility index (Phi) is 5.19. The van der Waals surface area contributed by atoms with Gasteiger partial charge in [0.15, 0.2) is 0 Å². The van der Waals surface area contributed by atoms with Crippen LogP contribution < -0.4 is 5.32 Å². The number of hydrogen-bond donors (Lipinski definition) is 2. The van der Waals surface area contributed by atoms with Gasteiger partial charge in [0.25, 0.3) is 0 Å². The number of aliphatic carboxylic acids is 1. The average Bonchev–Trinajstić information content (AvgIpc) is 2.92. The van der Waals surface area contributed by atoms with Crippen molar-refractivity contribution in [3.8, 4) is 0 Å². The van der Waals surface area contributed by atoms with Gasteiger partial charge in [-0.2, -0.15) is 0 Å². The molecule has 2 N–H and O–H groups in total. The monoisotopic (exact) mass is 286 g/mol. The second-order valence-electron chi connectivity index (χ2n) is 5.31. The highest BCUT2D eigenvalue weighted by atomic mass is 16.5. The summed E-state index contributed by atoms with van der Waals surface area (Å²) in [5.74, 6) is -0.925. The first-order valence-electron chi connectivity index (χ1n) is 7.06. The summed E-state index contributed by atoms with van der Waals surface area (Å²) in [5, 5.41) is 11.8. The van der Waals surface area contributed by atoms with Crippen LogP contribution in [0.1, 0.15) is 26.2 Å². The van der Waals surface area contributed by atoms with Crippen molar-refractivity contribution in [2.45, 2.75) is 44.4 Å². The van der Waals surface area contributed by atoms with E-state index in [2.05, 4.69) is 5.32 Å². The maximum absolute atomic E-state index is 12.3. The number of carbonyl (C=O) groups is 2. The highest BCUT2D eigenvalue weighted by Crippen LogP contribution is 2.16. The normalized spacial score (nSPS) is 28.1. The number of morpholine rings is 1. The molecule has 0 radical (unpaired) electrons. The Labute approximate surface area is 118 Å². The third-order valence-corrected chi connectivity index (χ3v) is 3.77. The lowest BCUT2D eigenvalue weighted by Crippen LogP contribution is -2.55. The van der Waals surface area contributed by atoms with E-state index in [1.807, 2.05) is 6.92 Å². The molecule has 2 amide bonds. The summed E-state index contributed by atoms with van der Waals surface area (Å²) in [7, 11) is 0. The van der Waals surface area contributed by atoms with Gasteiger partial charge >= 0.3 is 12.0 Å². The van der Waals surface area contributed by atoms with Gasteiger partial charge in [0.05, 0.1) is 37.8 Å². The summed E-state index contributed by atoms with van der Waals surface area (Å²) in [6.07, 6.45) is 1.92. The number of hydrogen-bond acceptors (Lipinski definition) is 4. The zero-order chi connectivity index (χ0) is 14.5. The number of carboxylic acid groups (broad SMARTS) is 1. The van der Waals surface area contributed by atoms with Gasteiger partial charge in [-0.25, -0.2) is 4.79 Å². The zero-order valence-corrected chi connectivity index (χ0v) is 11.7. The van der Waals surface area contributed by atoms with Crippen molar-refractivity contribution in [3.63, 3.8) is 0 Å². The van der Waals surface area contributed by atoms with Gasteiger partial charge < -0.3 is 24.8 Å². The summed E-state index contributed by atoms with van der Waals surface area (Å²) in [5.41, 5.74) is 0. The van der Waals surface area contributed by atoms with E-state index in [0.717, 1.165) is 19.4 Å². The fourth-order valence-electron chi connectivity index (χ4n) is 2.66. The summed E-state index contributed by atoms with van der Waals surface area (Å²) in [4.78, 5) is 24.7. The molecule has 2 fully saturated rings. The van der Waals surface area contributed by atoms with Crippen LogP contribution in [0, 0.1) is 0 Å². The van der Waals surface area contributed by atoms with Gasteiger partial charge in [-0.15, -0.1) is 0 Å². The fraction of sp³-hybridized carbons (Fsp3) is 0.846. The summed E-state index contributed by atoms with van der Waals surface area (Å²) in [6, 6.07) is -0.709. The van der Waals surface area contributed by atoms with Gasteiger partial charge in [-0.1, -0.05) is 0 Å². The second kappa shape index (κ2) is 6.90. The van der Waals surface area contributed by atoms with Crippen LogP contribution in [-0.2, 0) is 14.3 Å². The number of nitrogens with zero attached hydrogens (tertiary/aromatic N) is 1. The van der Waals surface area contributed by atoms with E-state index >= 15 is 0 Å². The van der Waals surface area contributed by atoms with Crippen LogP contribution in [0.25, 0.3) is 0 Å². The minimum Gasteiger partial charge on any atom is -0.481 e. The van der Waals surface area contributed by atoms with E-state index in [4.69, 9.17) is 14.6 Å². The molecule has 20 heavy (non-hydrogen) atoms. The molecule has 2 aliphatic rings.